The van der Waals surface area contributed by atoms with Crippen molar-refractivity contribution in [3.63, 3.8) is 0 Å². The number of nitrogens with one attached hydrogen (secondary N) is 1. The maximum Gasteiger partial charge on any atom is 0.326 e. The second kappa shape index (κ2) is 3.19. The minimum atomic E-state index is -0.811. The number of methoxy groups -OCH3 is 1. The van der Waals surface area contributed by atoms with Crippen LogP contribution in [0.25, 0.3) is 0 Å². The molecule has 0 aromatic carbocycles. The average molecular weight is 159 g/mol. The van der Waals surface area contributed by atoms with Crippen molar-refractivity contribution in [2.45, 2.75) is 18.4 Å². The zero-order chi connectivity index (χ0) is 8.32. The van der Waals surface area contributed by atoms with E-state index in [1.807, 2.05) is 0 Å². The van der Waals surface area contributed by atoms with Crippen LogP contribution < -0.4 is 5.32 Å². The van der Waals surface area contributed by atoms with Gasteiger partial charge < -0.3 is 9.84 Å². The minimum absolute atomic E-state index is 0.252. The van der Waals surface area contributed by atoms with E-state index in [0.717, 1.165) is 13.0 Å². The second-order valence-electron chi connectivity index (χ2n) is 2.85. The third-order valence-electron chi connectivity index (χ3n) is 2.04. The lowest BCUT2D eigenvalue weighted by molar-refractivity contribution is -0.146. The molecule has 11 heavy (non-hydrogen) atoms. The Labute approximate surface area is 65.5 Å². The quantitative estimate of drug-likeness (QED) is 0.600. The summed E-state index contributed by atoms with van der Waals surface area (Å²) in [6.45, 7) is 1.03. The van der Waals surface area contributed by atoms with Crippen LogP contribution in [0.4, 0.5) is 0 Å². The van der Waals surface area contributed by atoms with Crippen molar-refractivity contribution in [1.82, 2.24) is 5.32 Å². The number of hydrogen-bond donors (Lipinski definition) is 2. The van der Waals surface area contributed by atoms with Crippen LogP contribution in [0.15, 0.2) is 0 Å². The molecular formula is C7H13NO3. The van der Waals surface area contributed by atoms with Crippen LogP contribution in [0, 0.1) is 0 Å². The Morgan fingerprint density at radius 2 is 2.55 bits per heavy atom. The number of hydrogen-bond acceptors (Lipinski definition) is 3. The van der Waals surface area contributed by atoms with Crippen molar-refractivity contribution >= 4 is 5.97 Å². The fourth-order valence-corrected chi connectivity index (χ4v) is 1.42. The van der Waals surface area contributed by atoms with E-state index in [-0.39, 0.29) is 6.61 Å². The lowest BCUT2D eigenvalue weighted by Crippen LogP contribution is -2.51. The van der Waals surface area contributed by atoms with Crippen LogP contribution in [0.5, 0.6) is 0 Å². The molecule has 0 aromatic rings. The van der Waals surface area contributed by atoms with Gasteiger partial charge in [0, 0.05) is 7.11 Å². The number of aliphatic carboxylic acids is 1. The molecule has 1 saturated heterocycles. The monoisotopic (exact) mass is 159 g/mol. The van der Waals surface area contributed by atoms with Crippen molar-refractivity contribution in [3.8, 4) is 0 Å². The highest BCUT2D eigenvalue weighted by atomic mass is 16.5. The predicted molar refractivity (Wildman–Crippen MR) is 39.5 cm³/mol. The summed E-state index contributed by atoms with van der Waals surface area (Å²) in [6.07, 6.45) is 1.58. The Bertz CT molecular complexity index is 152. The van der Waals surface area contributed by atoms with E-state index in [0.29, 0.717) is 6.42 Å². The first-order chi connectivity index (χ1) is 5.21. The van der Waals surface area contributed by atoms with Crippen LogP contribution in [-0.4, -0.2) is 36.9 Å². The number of rotatable bonds is 3. The molecule has 1 atom stereocenters. The van der Waals surface area contributed by atoms with Gasteiger partial charge in [-0.05, 0) is 19.4 Å². The lowest BCUT2D eigenvalue weighted by Gasteiger charge is -2.22. The van der Waals surface area contributed by atoms with Gasteiger partial charge in [0.05, 0.1) is 6.61 Å². The van der Waals surface area contributed by atoms with Gasteiger partial charge in [0.15, 0.2) is 0 Å². The number of ether oxygens (including phenoxy) is 1. The molecule has 1 heterocycles. The molecule has 0 aliphatic carbocycles. The molecule has 0 amide bonds. The molecule has 4 heteroatoms. The van der Waals surface area contributed by atoms with Crippen LogP contribution in [0.2, 0.25) is 0 Å². The lowest BCUT2D eigenvalue weighted by atomic mass is 9.99. The SMILES string of the molecule is COC[C@@]1(C(=O)O)CCCN1. The third-order valence-corrected chi connectivity index (χ3v) is 2.04. The van der Waals surface area contributed by atoms with Gasteiger partial charge >= 0.3 is 5.97 Å². The number of carboxylic acids is 1. The van der Waals surface area contributed by atoms with E-state index in [1.54, 1.807) is 0 Å². The van der Waals surface area contributed by atoms with Crippen molar-refractivity contribution in [2.24, 2.45) is 0 Å². The second-order valence-corrected chi connectivity index (χ2v) is 2.85. The largest absolute Gasteiger partial charge is 0.480 e. The van der Waals surface area contributed by atoms with Crippen molar-refractivity contribution in [1.29, 1.82) is 0 Å². The fraction of sp³-hybridized carbons (Fsp3) is 0.857. The van der Waals surface area contributed by atoms with Gasteiger partial charge in [-0.15, -0.1) is 0 Å². The van der Waals surface area contributed by atoms with Crippen molar-refractivity contribution in [3.05, 3.63) is 0 Å². The highest BCUT2D eigenvalue weighted by molar-refractivity contribution is 5.79. The van der Waals surface area contributed by atoms with Gasteiger partial charge in [0.2, 0.25) is 0 Å². The third kappa shape index (κ3) is 1.52. The highest BCUT2D eigenvalue weighted by Gasteiger charge is 2.40. The topological polar surface area (TPSA) is 58.6 Å². The van der Waals surface area contributed by atoms with Gasteiger partial charge in [-0.2, -0.15) is 0 Å². The predicted octanol–water partition coefficient (Wildman–Crippen LogP) is -0.160. The summed E-state index contributed by atoms with van der Waals surface area (Å²) >= 11 is 0. The summed E-state index contributed by atoms with van der Waals surface area (Å²) in [5.41, 5.74) is -0.811. The first-order valence-corrected chi connectivity index (χ1v) is 3.69. The van der Waals surface area contributed by atoms with E-state index in [1.165, 1.54) is 7.11 Å². The number of carboxylic acid groups (broad SMARTS) is 1. The number of carbonyl (C=O) groups is 1. The zero-order valence-electron chi connectivity index (χ0n) is 6.59. The average Bonchev–Trinajstić information content (AvgIpc) is 2.38. The first-order valence-electron chi connectivity index (χ1n) is 3.69. The van der Waals surface area contributed by atoms with Crippen LogP contribution in [-0.2, 0) is 9.53 Å². The van der Waals surface area contributed by atoms with E-state index in [9.17, 15) is 4.79 Å². The molecule has 4 nitrogen and oxygen atoms in total. The van der Waals surface area contributed by atoms with Crippen molar-refractivity contribution < 1.29 is 14.6 Å². The van der Waals surface area contributed by atoms with E-state index < -0.39 is 11.5 Å². The van der Waals surface area contributed by atoms with Gasteiger partial charge in [0.25, 0.3) is 0 Å². The van der Waals surface area contributed by atoms with Crippen molar-refractivity contribution in [2.75, 3.05) is 20.3 Å². The van der Waals surface area contributed by atoms with E-state index in [2.05, 4.69) is 5.32 Å². The maximum atomic E-state index is 10.8. The highest BCUT2D eigenvalue weighted by Crippen LogP contribution is 2.19. The maximum absolute atomic E-state index is 10.8. The Balaban J connectivity index is 2.62. The zero-order valence-corrected chi connectivity index (χ0v) is 6.59. The Morgan fingerprint density at radius 1 is 1.82 bits per heavy atom. The molecular weight excluding hydrogens is 146 g/mol. The molecule has 64 valence electrons. The van der Waals surface area contributed by atoms with Gasteiger partial charge in [-0.1, -0.05) is 0 Å². The van der Waals surface area contributed by atoms with Gasteiger partial charge in [-0.25, -0.2) is 0 Å². The molecule has 0 unspecified atom stereocenters. The van der Waals surface area contributed by atoms with E-state index >= 15 is 0 Å². The summed E-state index contributed by atoms with van der Waals surface area (Å²) in [5.74, 6) is -0.808. The summed E-state index contributed by atoms with van der Waals surface area (Å²) in [4.78, 5) is 10.8. The van der Waals surface area contributed by atoms with Crippen LogP contribution in [0.3, 0.4) is 0 Å². The summed E-state index contributed by atoms with van der Waals surface area (Å²) in [7, 11) is 1.52. The Kier molecular flexibility index (Phi) is 2.46. The summed E-state index contributed by atoms with van der Waals surface area (Å²) in [6, 6.07) is 0. The van der Waals surface area contributed by atoms with Crippen LogP contribution >= 0.6 is 0 Å². The Hall–Kier alpha value is -0.610. The summed E-state index contributed by atoms with van der Waals surface area (Å²) in [5, 5.41) is 11.8. The molecule has 1 aliphatic rings. The fourth-order valence-electron chi connectivity index (χ4n) is 1.42. The van der Waals surface area contributed by atoms with Crippen LogP contribution in [0.1, 0.15) is 12.8 Å². The molecule has 1 fully saturated rings. The smallest absolute Gasteiger partial charge is 0.326 e. The molecule has 1 aliphatic heterocycles. The first kappa shape index (κ1) is 8.49. The standard InChI is InChI=1S/C7H13NO3/c1-11-5-7(6(9)10)3-2-4-8-7/h8H,2-5H2,1H3,(H,9,10)/t7-/m1/s1. The normalized spacial score (nSPS) is 30.6. The molecule has 0 saturated carbocycles. The molecule has 2 N–H and O–H groups in total. The molecule has 0 bridgehead atoms. The summed E-state index contributed by atoms with van der Waals surface area (Å²) < 4.78 is 4.85. The van der Waals surface area contributed by atoms with E-state index in [4.69, 9.17) is 9.84 Å². The molecule has 0 radical (unpaired) electrons. The Morgan fingerprint density at radius 3 is 2.91 bits per heavy atom. The minimum Gasteiger partial charge on any atom is -0.480 e. The van der Waals surface area contributed by atoms with Gasteiger partial charge in [0.1, 0.15) is 5.54 Å². The molecule has 0 aromatic heterocycles. The van der Waals surface area contributed by atoms with Gasteiger partial charge in [-0.3, -0.25) is 10.1 Å². The molecule has 1 rings (SSSR count). The molecule has 0 spiro atoms.